The summed E-state index contributed by atoms with van der Waals surface area (Å²) in [5, 5.41) is 3.48. The first kappa shape index (κ1) is 16.3. The van der Waals surface area contributed by atoms with Gasteiger partial charge in [-0.15, -0.1) is 0 Å². The number of nitrogens with zero attached hydrogens (tertiary/aromatic N) is 1. The van der Waals surface area contributed by atoms with Gasteiger partial charge in [-0.2, -0.15) is 0 Å². The van der Waals surface area contributed by atoms with Gasteiger partial charge in [-0.25, -0.2) is 4.98 Å². The normalized spacial score (nSPS) is 22.3. The standard InChI is InChI=1S/C18H30N2O/c1-5-10-19-12-17-14(3)11-15(4)20-18(17)21-16-8-6-13(2)7-9-16/h11,13,16,19H,5-10,12H2,1-4H3. The summed E-state index contributed by atoms with van der Waals surface area (Å²) in [5.41, 5.74) is 3.56. The highest BCUT2D eigenvalue weighted by Gasteiger charge is 2.21. The van der Waals surface area contributed by atoms with E-state index in [1.165, 1.54) is 24.0 Å². The Bertz CT molecular complexity index is 451. The Kier molecular flexibility index (Phi) is 6.04. The summed E-state index contributed by atoms with van der Waals surface area (Å²) in [7, 11) is 0. The molecule has 0 atom stereocenters. The van der Waals surface area contributed by atoms with Gasteiger partial charge in [-0.1, -0.05) is 13.8 Å². The van der Waals surface area contributed by atoms with E-state index in [1.807, 2.05) is 6.92 Å². The zero-order valence-electron chi connectivity index (χ0n) is 14.0. The predicted octanol–water partition coefficient (Wildman–Crippen LogP) is 4.16. The molecule has 1 N–H and O–H groups in total. The molecule has 0 bridgehead atoms. The average molecular weight is 290 g/mol. The maximum Gasteiger partial charge on any atom is 0.218 e. The molecule has 0 amide bonds. The summed E-state index contributed by atoms with van der Waals surface area (Å²) >= 11 is 0. The van der Waals surface area contributed by atoms with Crippen LogP contribution in [0, 0.1) is 19.8 Å². The third kappa shape index (κ3) is 4.70. The van der Waals surface area contributed by atoms with Gasteiger partial charge < -0.3 is 10.1 Å². The molecule has 0 saturated heterocycles. The van der Waals surface area contributed by atoms with E-state index in [1.54, 1.807) is 0 Å². The zero-order valence-corrected chi connectivity index (χ0v) is 14.0. The van der Waals surface area contributed by atoms with Crippen molar-refractivity contribution < 1.29 is 4.74 Å². The smallest absolute Gasteiger partial charge is 0.218 e. The molecule has 3 nitrogen and oxygen atoms in total. The van der Waals surface area contributed by atoms with E-state index in [0.717, 1.165) is 49.8 Å². The molecule has 1 aromatic heterocycles. The fraction of sp³-hybridized carbons (Fsp3) is 0.722. The van der Waals surface area contributed by atoms with Gasteiger partial charge in [0.25, 0.3) is 0 Å². The van der Waals surface area contributed by atoms with Crippen LogP contribution in [0.5, 0.6) is 5.88 Å². The lowest BCUT2D eigenvalue weighted by Crippen LogP contribution is -2.25. The van der Waals surface area contributed by atoms with Crippen LogP contribution in [0.25, 0.3) is 0 Å². The van der Waals surface area contributed by atoms with Gasteiger partial charge in [0.1, 0.15) is 6.10 Å². The maximum atomic E-state index is 6.28. The maximum absolute atomic E-state index is 6.28. The van der Waals surface area contributed by atoms with Crippen LogP contribution in [0.15, 0.2) is 6.07 Å². The Morgan fingerprint density at radius 3 is 2.62 bits per heavy atom. The highest BCUT2D eigenvalue weighted by atomic mass is 16.5. The van der Waals surface area contributed by atoms with Crippen molar-refractivity contribution in [3.63, 3.8) is 0 Å². The lowest BCUT2D eigenvalue weighted by atomic mass is 9.89. The van der Waals surface area contributed by atoms with E-state index >= 15 is 0 Å². The molecule has 0 aliphatic heterocycles. The van der Waals surface area contributed by atoms with E-state index in [2.05, 4.69) is 37.1 Å². The van der Waals surface area contributed by atoms with Gasteiger partial charge in [0.15, 0.2) is 0 Å². The van der Waals surface area contributed by atoms with Crippen molar-refractivity contribution in [2.24, 2.45) is 5.92 Å². The predicted molar refractivity (Wildman–Crippen MR) is 87.8 cm³/mol. The van der Waals surface area contributed by atoms with Gasteiger partial charge in [-0.05, 0) is 70.0 Å². The number of nitrogens with one attached hydrogen (secondary N) is 1. The van der Waals surface area contributed by atoms with E-state index in [-0.39, 0.29) is 0 Å². The highest BCUT2D eigenvalue weighted by Crippen LogP contribution is 2.29. The van der Waals surface area contributed by atoms with Crippen molar-refractivity contribution >= 4 is 0 Å². The monoisotopic (exact) mass is 290 g/mol. The second-order valence-corrected chi connectivity index (χ2v) is 6.54. The molecule has 118 valence electrons. The Morgan fingerprint density at radius 1 is 1.24 bits per heavy atom. The van der Waals surface area contributed by atoms with Crippen molar-refractivity contribution in [2.75, 3.05) is 6.54 Å². The largest absolute Gasteiger partial charge is 0.474 e. The van der Waals surface area contributed by atoms with Crippen molar-refractivity contribution in [1.82, 2.24) is 10.3 Å². The molecule has 1 saturated carbocycles. The van der Waals surface area contributed by atoms with E-state index in [4.69, 9.17) is 4.74 Å². The summed E-state index contributed by atoms with van der Waals surface area (Å²) in [4.78, 5) is 4.66. The number of rotatable bonds is 6. The lowest BCUT2D eigenvalue weighted by Gasteiger charge is -2.27. The van der Waals surface area contributed by atoms with E-state index < -0.39 is 0 Å². The van der Waals surface area contributed by atoms with Crippen LogP contribution in [0.3, 0.4) is 0 Å². The fourth-order valence-corrected chi connectivity index (χ4v) is 3.04. The Labute approximate surface area is 129 Å². The van der Waals surface area contributed by atoms with Crippen LogP contribution in [0.1, 0.15) is 62.8 Å². The van der Waals surface area contributed by atoms with E-state index in [9.17, 15) is 0 Å². The van der Waals surface area contributed by atoms with Gasteiger partial charge >= 0.3 is 0 Å². The highest BCUT2D eigenvalue weighted by molar-refractivity contribution is 5.36. The Balaban J connectivity index is 2.08. The molecule has 0 spiro atoms. The van der Waals surface area contributed by atoms with Crippen LogP contribution in [-0.2, 0) is 6.54 Å². The van der Waals surface area contributed by atoms with Crippen LogP contribution >= 0.6 is 0 Å². The van der Waals surface area contributed by atoms with Gasteiger partial charge in [0, 0.05) is 17.8 Å². The molecule has 1 aromatic rings. The molecule has 3 heteroatoms. The first-order valence-corrected chi connectivity index (χ1v) is 8.44. The summed E-state index contributed by atoms with van der Waals surface area (Å²) in [6, 6.07) is 2.15. The molecule has 1 aliphatic carbocycles. The van der Waals surface area contributed by atoms with Gasteiger partial charge in [0.05, 0.1) is 0 Å². The molecular weight excluding hydrogens is 260 g/mol. The molecule has 1 heterocycles. The van der Waals surface area contributed by atoms with Crippen LogP contribution in [-0.4, -0.2) is 17.6 Å². The summed E-state index contributed by atoms with van der Waals surface area (Å²) in [6.07, 6.45) is 6.38. The molecule has 0 aromatic carbocycles. The van der Waals surface area contributed by atoms with Crippen molar-refractivity contribution in [2.45, 2.75) is 72.4 Å². The number of ether oxygens (including phenoxy) is 1. The SMILES string of the molecule is CCCNCc1c(C)cc(C)nc1OC1CCC(C)CC1. The number of aryl methyl sites for hydroxylation is 2. The third-order valence-corrected chi connectivity index (χ3v) is 4.41. The topological polar surface area (TPSA) is 34.2 Å². The zero-order chi connectivity index (χ0) is 15.2. The summed E-state index contributed by atoms with van der Waals surface area (Å²) < 4.78 is 6.28. The van der Waals surface area contributed by atoms with Crippen molar-refractivity contribution in [3.05, 3.63) is 22.9 Å². The summed E-state index contributed by atoms with van der Waals surface area (Å²) in [6.45, 7) is 10.6. The number of aromatic nitrogens is 1. The Morgan fingerprint density at radius 2 is 1.95 bits per heavy atom. The molecule has 1 fully saturated rings. The van der Waals surface area contributed by atoms with E-state index in [0.29, 0.717) is 6.10 Å². The molecule has 1 aliphatic rings. The number of hydrogen-bond acceptors (Lipinski definition) is 3. The average Bonchev–Trinajstić information content (AvgIpc) is 2.44. The molecule has 2 rings (SSSR count). The first-order valence-electron chi connectivity index (χ1n) is 8.44. The quantitative estimate of drug-likeness (QED) is 0.799. The van der Waals surface area contributed by atoms with Crippen molar-refractivity contribution in [1.29, 1.82) is 0 Å². The third-order valence-electron chi connectivity index (χ3n) is 4.41. The van der Waals surface area contributed by atoms with Crippen LogP contribution in [0.4, 0.5) is 0 Å². The second kappa shape index (κ2) is 7.79. The molecule has 0 unspecified atom stereocenters. The fourth-order valence-electron chi connectivity index (χ4n) is 3.04. The van der Waals surface area contributed by atoms with Crippen molar-refractivity contribution in [3.8, 4) is 5.88 Å². The molecular formula is C18H30N2O. The van der Waals surface area contributed by atoms with Crippen LogP contribution < -0.4 is 10.1 Å². The van der Waals surface area contributed by atoms with Gasteiger partial charge in [-0.3, -0.25) is 0 Å². The summed E-state index contributed by atoms with van der Waals surface area (Å²) in [5.74, 6) is 1.71. The van der Waals surface area contributed by atoms with Crippen LogP contribution in [0.2, 0.25) is 0 Å². The first-order chi connectivity index (χ1) is 10.1. The molecule has 21 heavy (non-hydrogen) atoms. The minimum absolute atomic E-state index is 0.347. The van der Waals surface area contributed by atoms with Gasteiger partial charge in [0.2, 0.25) is 5.88 Å². The minimum atomic E-state index is 0.347. The Hall–Kier alpha value is -1.09. The second-order valence-electron chi connectivity index (χ2n) is 6.54. The lowest BCUT2D eigenvalue weighted by molar-refractivity contribution is 0.128. The number of pyridine rings is 1. The minimum Gasteiger partial charge on any atom is -0.474 e. The number of hydrogen-bond donors (Lipinski definition) is 1. The molecule has 0 radical (unpaired) electrons.